The normalized spacial score (nSPS) is 10.2. The molecule has 0 atom stereocenters. The number of benzene rings is 3. The number of rotatable bonds is 6. The number of esters is 1. The Labute approximate surface area is 152 Å². The third-order valence-electron chi connectivity index (χ3n) is 3.89. The fourth-order valence-electron chi connectivity index (χ4n) is 2.59. The molecule has 0 bridgehead atoms. The molecule has 3 rings (SSSR count). The predicted octanol–water partition coefficient (Wildman–Crippen LogP) is 3.83. The number of nitrogens with one attached hydrogen (secondary N) is 1. The van der Waals surface area contributed by atoms with Crippen LogP contribution in [0.3, 0.4) is 0 Å². The highest BCUT2D eigenvalue weighted by atomic mass is 16.5. The van der Waals surface area contributed by atoms with Gasteiger partial charge in [-0.25, -0.2) is 0 Å². The fraction of sp³-hybridized carbons (Fsp3) is 0.0909. The van der Waals surface area contributed by atoms with Crippen molar-refractivity contribution in [2.24, 2.45) is 0 Å². The summed E-state index contributed by atoms with van der Waals surface area (Å²) in [6, 6.07) is 26.4. The summed E-state index contributed by atoms with van der Waals surface area (Å²) in [5.74, 6) is -0.777. The summed E-state index contributed by atoms with van der Waals surface area (Å²) < 4.78 is 5.18. The quantitative estimate of drug-likeness (QED) is 0.691. The molecule has 1 N–H and O–H groups in total. The average Bonchev–Trinajstić information content (AvgIpc) is 2.72. The molecule has 1 amide bonds. The summed E-state index contributed by atoms with van der Waals surface area (Å²) in [6.07, 6.45) is 0. The van der Waals surface area contributed by atoms with Crippen LogP contribution in [-0.4, -0.2) is 18.4 Å². The summed E-state index contributed by atoms with van der Waals surface area (Å²) >= 11 is 0. The number of ether oxygens (including phenoxy) is 1. The first-order valence-electron chi connectivity index (χ1n) is 8.36. The maximum atomic E-state index is 12.5. The van der Waals surface area contributed by atoms with Crippen LogP contribution >= 0.6 is 0 Å². The number of hydrogen-bond donors (Lipinski definition) is 1. The van der Waals surface area contributed by atoms with E-state index in [1.807, 2.05) is 72.8 Å². The molecule has 0 saturated heterocycles. The van der Waals surface area contributed by atoms with E-state index >= 15 is 0 Å². The molecule has 0 aliphatic rings. The minimum Gasteiger partial charge on any atom is -0.460 e. The number of carbonyl (C=O) groups excluding carboxylic acids is 2. The van der Waals surface area contributed by atoms with E-state index in [4.69, 9.17) is 4.74 Å². The molecule has 0 spiro atoms. The first-order valence-corrected chi connectivity index (χ1v) is 8.36. The van der Waals surface area contributed by atoms with E-state index in [1.165, 1.54) is 0 Å². The maximum absolute atomic E-state index is 12.5. The molecule has 0 aliphatic carbocycles. The Balaban J connectivity index is 1.59. The Bertz CT molecular complexity index is 876. The van der Waals surface area contributed by atoms with Crippen LogP contribution in [0.25, 0.3) is 11.1 Å². The predicted molar refractivity (Wildman–Crippen MR) is 100 cm³/mol. The molecule has 0 aliphatic heterocycles. The molecular weight excluding hydrogens is 326 g/mol. The maximum Gasteiger partial charge on any atom is 0.325 e. The van der Waals surface area contributed by atoms with Crippen molar-refractivity contribution in [3.05, 3.63) is 96.1 Å². The molecule has 4 nitrogen and oxygen atoms in total. The summed E-state index contributed by atoms with van der Waals surface area (Å²) in [4.78, 5) is 24.4. The van der Waals surface area contributed by atoms with Crippen molar-refractivity contribution in [2.45, 2.75) is 6.61 Å². The Morgan fingerprint density at radius 1 is 0.769 bits per heavy atom. The van der Waals surface area contributed by atoms with Gasteiger partial charge < -0.3 is 10.1 Å². The highest BCUT2D eigenvalue weighted by Gasteiger charge is 2.13. The largest absolute Gasteiger partial charge is 0.460 e. The third-order valence-corrected chi connectivity index (χ3v) is 3.89. The van der Waals surface area contributed by atoms with Crippen LogP contribution in [0.1, 0.15) is 15.9 Å². The minimum absolute atomic E-state index is 0.172. The first-order chi connectivity index (χ1) is 12.7. The van der Waals surface area contributed by atoms with Gasteiger partial charge in [-0.3, -0.25) is 9.59 Å². The lowest BCUT2D eigenvalue weighted by Crippen LogP contribution is -2.30. The standard InChI is InChI=1S/C22H19NO3/c24-21(26-16-17-9-3-1-4-10-17)15-23-22(25)20-14-8-7-13-19(20)18-11-5-2-6-12-18/h1-14H,15-16H2,(H,23,25). The molecule has 130 valence electrons. The Morgan fingerprint density at radius 3 is 2.12 bits per heavy atom. The second-order valence-electron chi connectivity index (χ2n) is 5.74. The van der Waals surface area contributed by atoms with Gasteiger partial charge in [0.05, 0.1) is 0 Å². The minimum atomic E-state index is -0.473. The molecule has 0 saturated carbocycles. The van der Waals surface area contributed by atoms with Crippen molar-refractivity contribution in [3.63, 3.8) is 0 Å². The molecule has 0 radical (unpaired) electrons. The van der Waals surface area contributed by atoms with Gasteiger partial charge in [0.15, 0.2) is 0 Å². The summed E-state index contributed by atoms with van der Waals surface area (Å²) in [6.45, 7) is 0.0188. The lowest BCUT2D eigenvalue weighted by atomic mass is 9.99. The van der Waals surface area contributed by atoms with E-state index in [-0.39, 0.29) is 19.1 Å². The smallest absolute Gasteiger partial charge is 0.325 e. The van der Waals surface area contributed by atoms with E-state index in [0.29, 0.717) is 5.56 Å². The first kappa shape index (κ1) is 17.4. The molecule has 3 aromatic carbocycles. The van der Waals surface area contributed by atoms with E-state index in [9.17, 15) is 9.59 Å². The lowest BCUT2D eigenvalue weighted by Gasteiger charge is -2.10. The van der Waals surface area contributed by atoms with Crippen LogP contribution in [0.2, 0.25) is 0 Å². The van der Waals surface area contributed by atoms with E-state index in [0.717, 1.165) is 16.7 Å². The average molecular weight is 345 g/mol. The number of amides is 1. The van der Waals surface area contributed by atoms with Gasteiger partial charge in [0.1, 0.15) is 13.2 Å². The highest BCUT2D eigenvalue weighted by molar-refractivity contribution is 6.01. The van der Waals surface area contributed by atoms with Crippen molar-refractivity contribution in [3.8, 4) is 11.1 Å². The molecule has 0 fully saturated rings. The highest BCUT2D eigenvalue weighted by Crippen LogP contribution is 2.23. The van der Waals surface area contributed by atoms with Crippen molar-refractivity contribution in [1.29, 1.82) is 0 Å². The Morgan fingerprint density at radius 2 is 1.38 bits per heavy atom. The van der Waals surface area contributed by atoms with Gasteiger partial charge in [0, 0.05) is 5.56 Å². The van der Waals surface area contributed by atoms with Gasteiger partial charge >= 0.3 is 5.97 Å². The van der Waals surface area contributed by atoms with Crippen LogP contribution < -0.4 is 5.32 Å². The van der Waals surface area contributed by atoms with E-state index in [1.54, 1.807) is 12.1 Å². The summed E-state index contributed by atoms with van der Waals surface area (Å²) in [5, 5.41) is 2.63. The van der Waals surface area contributed by atoms with Crippen molar-refractivity contribution in [1.82, 2.24) is 5.32 Å². The van der Waals surface area contributed by atoms with Crippen LogP contribution in [0, 0.1) is 0 Å². The Hall–Kier alpha value is -3.40. The van der Waals surface area contributed by atoms with Crippen LogP contribution in [-0.2, 0) is 16.1 Å². The van der Waals surface area contributed by atoms with Gasteiger partial charge in [-0.05, 0) is 22.8 Å². The lowest BCUT2D eigenvalue weighted by molar-refractivity contribution is -0.143. The fourth-order valence-corrected chi connectivity index (χ4v) is 2.59. The second-order valence-corrected chi connectivity index (χ2v) is 5.74. The molecule has 3 aromatic rings. The zero-order chi connectivity index (χ0) is 18.2. The van der Waals surface area contributed by atoms with Crippen molar-refractivity contribution >= 4 is 11.9 Å². The second kappa shape index (κ2) is 8.62. The van der Waals surface area contributed by atoms with Gasteiger partial charge in [-0.1, -0.05) is 78.9 Å². The molecule has 0 aromatic heterocycles. The summed E-state index contributed by atoms with van der Waals surface area (Å²) in [5.41, 5.74) is 3.20. The van der Waals surface area contributed by atoms with E-state index < -0.39 is 5.97 Å². The van der Waals surface area contributed by atoms with Crippen LogP contribution in [0.5, 0.6) is 0 Å². The number of carbonyl (C=O) groups is 2. The van der Waals surface area contributed by atoms with Gasteiger partial charge in [0.25, 0.3) is 5.91 Å². The molecule has 0 unspecified atom stereocenters. The molecule has 26 heavy (non-hydrogen) atoms. The monoisotopic (exact) mass is 345 g/mol. The van der Waals surface area contributed by atoms with E-state index in [2.05, 4.69) is 5.32 Å². The van der Waals surface area contributed by atoms with Gasteiger partial charge in [-0.2, -0.15) is 0 Å². The molecule has 4 heteroatoms. The zero-order valence-corrected chi connectivity index (χ0v) is 14.2. The SMILES string of the molecule is O=C(CNC(=O)c1ccccc1-c1ccccc1)OCc1ccccc1. The van der Waals surface area contributed by atoms with Crippen LogP contribution in [0.4, 0.5) is 0 Å². The number of hydrogen-bond acceptors (Lipinski definition) is 3. The van der Waals surface area contributed by atoms with Crippen molar-refractivity contribution in [2.75, 3.05) is 6.54 Å². The molecule has 0 heterocycles. The summed E-state index contributed by atoms with van der Waals surface area (Å²) in [7, 11) is 0. The zero-order valence-electron chi connectivity index (χ0n) is 14.2. The van der Waals surface area contributed by atoms with Crippen LogP contribution in [0.15, 0.2) is 84.9 Å². The van der Waals surface area contributed by atoms with Gasteiger partial charge in [0.2, 0.25) is 0 Å². The topological polar surface area (TPSA) is 55.4 Å². The van der Waals surface area contributed by atoms with Gasteiger partial charge in [-0.15, -0.1) is 0 Å². The Kier molecular flexibility index (Phi) is 5.78. The molecular formula is C22H19NO3. The van der Waals surface area contributed by atoms with Crippen molar-refractivity contribution < 1.29 is 14.3 Å². The third kappa shape index (κ3) is 4.57.